The van der Waals surface area contributed by atoms with Crippen LogP contribution >= 0.6 is 11.6 Å². The molecule has 1 fully saturated rings. The summed E-state index contributed by atoms with van der Waals surface area (Å²) in [5.74, 6) is -2.36. The number of carboxylic acids is 1. The highest BCUT2D eigenvalue weighted by Crippen LogP contribution is 2.27. The van der Waals surface area contributed by atoms with E-state index in [1.807, 2.05) is 23.1 Å². The van der Waals surface area contributed by atoms with Gasteiger partial charge >= 0.3 is 11.9 Å². The Bertz CT molecular complexity index is 1690. The number of carboxylic acid groups (broad SMARTS) is 1. The fourth-order valence-electron chi connectivity index (χ4n) is 4.90. The number of hydrogen-bond donors (Lipinski definition) is 4. The predicted octanol–water partition coefficient (Wildman–Crippen LogP) is 3.84. The molecule has 5 rings (SSSR count). The normalized spacial score (nSPS) is 14.5. The number of phenols is 1. The maximum Gasteiger partial charge on any atom is 0.347 e. The Morgan fingerprint density at radius 1 is 1.02 bits per heavy atom. The molecule has 1 aromatic heterocycles. The Morgan fingerprint density at radius 3 is 2.32 bits per heavy atom. The molecule has 230 valence electrons. The van der Waals surface area contributed by atoms with Crippen molar-refractivity contribution in [2.45, 2.75) is 19.0 Å². The molecular formula is C32H32ClN3O8. The zero-order valence-corrected chi connectivity index (χ0v) is 24.7. The van der Waals surface area contributed by atoms with Gasteiger partial charge in [-0.1, -0.05) is 41.9 Å². The summed E-state index contributed by atoms with van der Waals surface area (Å²) in [7, 11) is 0. The molecule has 1 aliphatic rings. The third-order valence-electron chi connectivity index (χ3n) is 7.01. The molecule has 0 aliphatic carbocycles. The number of ether oxygens (including phenoxy) is 2. The third-order valence-corrected chi connectivity index (χ3v) is 7.26. The number of amides is 1. The summed E-state index contributed by atoms with van der Waals surface area (Å²) in [6.45, 7) is 3.45. The fourth-order valence-corrected chi connectivity index (χ4v) is 5.02. The van der Waals surface area contributed by atoms with Crippen LogP contribution in [-0.2, 0) is 20.7 Å². The molecule has 4 N–H and O–H groups in total. The minimum atomic E-state index is -1.55. The number of aromatic carboxylic acids is 1. The van der Waals surface area contributed by atoms with Crippen LogP contribution in [0.5, 0.6) is 5.75 Å². The van der Waals surface area contributed by atoms with Crippen LogP contribution in [0.4, 0.5) is 0 Å². The van der Waals surface area contributed by atoms with Crippen molar-refractivity contribution in [3.05, 3.63) is 111 Å². The molecular weight excluding hydrogens is 590 g/mol. The lowest BCUT2D eigenvalue weighted by molar-refractivity contribution is -0.163. The van der Waals surface area contributed by atoms with Gasteiger partial charge < -0.3 is 30.0 Å². The quantitative estimate of drug-likeness (QED) is 0.215. The molecule has 0 spiro atoms. The first kappa shape index (κ1) is 32.2. The van der Waals surface area contributed by atoms with Gasteiger partial charge in [0.25, 0.3) is 5.91 Å². The van der Waals surface area contributed by atoms with Crippen molar-refractivity contribution < 1.29 is 34.1 Å². The average molecular weight is 622 g/mol. The number of hydrogen-bond acceptors (Lipinski definition) is 8. The highest BCUT2D eigenvalue weighted by Gasteiger charge is 2.48. The van der Waals surface area contributed by atoms with Crippen LogP contribution in [0.2, 0.25) is 5.02 Å². The summed E-state index contributed by atoms with van der Waals surface area (Å²) in [5, 5.41) is 21.5. The Morgan fingerprint density at radius 2 is 1.68 bits per heavy atom. The van der Waals surface area contributed by atoms with Gasteiger partial charge in [0.15, 0.2) is 5.66 Å². The summed E-state index contributed by atoms with van der Waals surface area (Å²) in [6, 6.07) is 21.0. The van der Waals surface area contributed by atoms with E-state index in [2.05, 4.69) is 10.3 Å². The Hall–Kier alpha value is -4.71. The summed E-state index contributed by atoms with van der Waals surface area (Å²) >= 11 is 5.98. The van der Waals surface area contributed by atoms with Crippen LogP contribution < -0.4 is 10.9 Å². The number of nitrogens with zero attached hydrogens (tertiary/aromatic N) is 1. The van der Waals surface area contributed by atoms with Gasteiger partial charge in [0.1, 0.15) is 11.3 Å². The Balaban J connectivity index is 0.000000375. The SMILES string of the molecule is CCOC(=O)C(Cc1cc(=O)[nH]c2ccccc12)(NC(=O)c1ccc(Cl)cc1)N1CCOCC1.O=C(O)c1ccccc1O. The molecule has 3 aromatic carbocycles. The number of fused-ring (bicyclic) bond motifs is 1. The smallest absolute Gasteiger partial charge is 0.347 e. The number of H-pyrrole nitrogens is 1. The average Bonchev–Trinajstić information content (AvgIpc) is 3.02. The van der Waals surface area contributed by atoms with E-state index in [9.17, 15) is 19.2 Å². The minimum Gasteiger partial charge on any atom is -0.507 e. The van der Waals surface area contributed by atoms with E-state index >= 15 is 0 Å². The van der Waals surface area contributed by atoms with E-state index in [1.54, 1.807) is 49.4 Å². The van der Waals surface area contributed by atoms with E-state index < -0.39 is 23.5 Å². The van der Waals surface area contributed by atoms with E-state index in [1.165, 1.54) is 18.2 Å². The molecule has 1 aliphatic heterocycles. The second-order valence-corrected chi connectivity index (χ2v) is 10.3. The van der Waals surface area contributed by atoms with Gasteiger partial charge in [0, 0.05) is 47.1 Å². The molecule has 1 atom stereocenters. The first-order chi connectivity index (χ1) is 21.1. The largest absolute Gasteiger partial charge is 0.507 e. The second kappa shape index (κ2) is 14.6. The topological polar surface area (TPSA) is 158 Å². The molecule has 12 heteroatoms. The third kappa shape index (κ3) is 7.62. The van der Waals surface area contributed by atoms with Gasteiger partial charge in [-0.3, -0.25) is 14.5 Å². The number of halogens is 1. The molecule has 2 heterocycles. The van der Waals surface area contributed by atoms with Crippen LogP contribution in [0, 0.1) is 0 Å². The number of aromatic nitrogens is 1. The van der Waals surface area contributed by atoms with E-state index in [0.717, 1.165) is 5.39 Å². The number of aromatic amines is 1. The lowest BCUT2D eigenvalue weighted by atomic mass is 9.93. The lowest BCUT2D eigenvalue weighted by Gasteiger charge is -2.44. The van der Waals surface area contributed by atoms with Gasteiger partial charge in [0.2, 0.25) is 5.56 Å². The summed E-state index contributed by atoms with van der Waals surface area (Å²) in [5.41, 5.74) is -0.293. The number of benzene rings is 3. The van der Waals surface area contributed by atoms with E-state index in [-0.39, 0.29) is 29.9 Å². The molecule has 0 bridgehead atoms. The first-order valence-electron chi connectivity index (χ1n) is 13.8. The number of pyridine rings is 1. The van der Waals surface area contributed by atoms with Crippen molar-refractivity contribution in [2.24, 2.45) is 0 Å². The first-order valence-corrected chi connectivity index (χ1v) is 14.2. The molecule has 4 aromatic rings. The number of aromatic hydroxyl groups is 1. The maximum atomic E-state index is 13.6. The molecule has 0 radical (unpaired) electrons. The zero-order chi connectivity index (χ0) is 31.7. The number of carbonyl (C=O) groups excluding carboxylic acids is 2. The number of esters is 1. The molecule has 1 unspecified atom stereocenters. The zero-order valence-electron chi connectivity index (χ0n) is 23.9. The number of nitrogens with one attached hydrogen (secondary N) is 2. The van der Waals surface area contributed by atoms with Crippen molar-refractivity contribution in [1.29, 1.82) is 0 Å². The summed E-state index contributed by atoms with van der Waals surface area (Å²) in [4.78, 5) is 54.3. The van der Waals surface area contributed by atoms with E-state index in [4.69, 9.17) is 31.3 Å². The van der Waals surface area contributed by atoms with Crippen molar-refractivity contribution in [2.75, 3.05) is 32.9 Å². The maximum absolute atomic E-state index is 13.6. The summed E-state index contributed by atoms with van der Waals surface area (Å²) in [6.07, 6.45) is 0.0373. The minimum absolute atomic E-state index is 0.0373. The number of para-hydroxylation sites is 2. The molecule has 11 nitrogen and oxygen atoms in total. The van der Waals surface area contributed by atoms with Crippen molar-refractivity contribution in [3.63, 3.8) is 0 Å². The van der Waals surface area contributed by atoms with Crippen LogP contribution in [0.25, 0.3) is 10.9 Å². The van der Waals surface area contributed by atoms with Crippen molar-refractivity contribution in [1.82, 2.24) is 15.2 Å². The molecule has 1 amide bonds. The lowest BCUT2D eigenvalue weighted by Crippen LogP contribution is -2.69. The van der Waals surface area contributed by atoms with Crippen molar-refractivity contribution >= 4 is 40.3 Å². The Kier molecular flexibility index (Phi) is 10.7. The van der Waals surface area contributed by atoms with Crippen LogP contribution in [-0.4, -0.2) is 76.5 Å². The number of carbonyl (C=O) groups is 3. The highest BCUT2D eigenvalue weighted by atomic mass is 35.5. The second-order valence-electron chi connectivity index (χ2n) is 9.84. The van der Waals surface area contributed by atoms with Gasteiger partial charge in [-0.2, -0.15) is 0 Å². The summed E-state index contributed by atoms with van der Waals surface area (Å²) < 4.78 is 11.0. The van der Waals surface area contributed by atoms with Gasteiger partial charge in [-0.15, -0.1) is 0 Å². The van der Waals surface area contributed by atoms with Gasteiger partial charge in [0.05, 0.1) is 19.8 Å². The van der Waals surface area contributed by atoms with Crippen molar-refractivity contribution in [3.8, 4) is 5.75 Å². The molecule has 0 saturated carbocycles. The Labute approximate surface area is 258 Å². The molecule has 1 saturated heterocycles. The van der Waals surface area contributed by atoms with Crippen LogP contribution in [0.15, 0.2) is 83.7 Å². The monoisotopic (exact) mass is 621 g/mol. The predicted molar refractivity (Wildman–Crippen MR) is 164 cm³/mol. The van der Waals surface area contributed by atoms with E-state index in [0.29, 0.717) is 48.0 Å². The van der Waals surface area contributed by atoms with Gasteiger partial charge in [-0.25, -0.2) is 9.59 Å². The molecule has 44 heavy (non-hydrogen) atoms. The van der Waals surface area contributed by atoms with Crippen LogP contribution in [0.3, 0.4) is 0 Å². The van der Waals surface area contributed by atoms with Crippen LogP contribution in [0.1, 0.15) is 33.2 Å². The standard InChI is InChI=1S/C25H26ClN3O5.C7H6O3/c1-2-34-24(32)25(29-11-13-33-14-12-29,28-23(31)17-7-9-19(26)10-8-17)16-18-15-22(30)27-21-6-4-3-5-20(18)21;8-6-4-2-1-3-5(6)7(9)10/h3-10,15H,2,11-14,16H2,1H3,(H,27,30)(H,28,31);1-4,8H,(H,9,10). The number of rotatable bonds is 8. The fraction of sp³-hybridized carbons (Fsp3) is 0.250. The van der Waals surface area contributed by atoms with Gasteiger partial charge in [-0.05, 0) is 55.0 Å². The number of morpholine rings is 1. The highest BCUT2D eigenvalue weighted by molar-refractivity contribution is 6.30.